The lowest BCUT2D eigenvalue weighted by Gasteiger charge is -2.39. The number of rotatable bonds is 9. The molecule has 34 heavy (non-hydrogen) atoms. The monoisotopic (exact) mass is 459 g/mol. The Balaban J connectivity index is 2.09. The molecule has 0 fully saturated rings. The van der Waals surface area contributed by atoms with Crippen molar-refractivity contribution in [2.24, 2.45) is 0 Å². The first-order valence-corrected chi connectivity index (χ1v) is 11.5. The van der Waals surface area contributed by atoms with Gasteiger partial charge in [0.05, 0.1) is 12.6 Å². The van der Waals surface area contributed by atoms with Gasteiger partial charge < -0.3 is 9.47 Å². The van der Waals surface area contributed by atoms with Crippen LogP contribution < -0.4 is 5.32 Å². The third kappa shape index (κ3) is 6.12. The van der Waals surface area contributed by atoms with Crippen molar-refractivity contribution in [2.75, 3.05) is 7.11 Å². The lowest BCUT2D eigenvalue weighted by molar-refractivity contribution is -0.155. The summed E-state index contributed by atoms with van der Waals surface area (Å²) in [6.45, 7) is 5.48. The highest BCUT2D eigenvalue weighted by molar-refractivity contribution is 5.78. The molecule has 0 radical (unpaired) electrons. The number of carbonyl (C=O) groups excluding carboxylic acids is 2. The molecule has 0 amide bonds. The molecule has 0 aromatic heterocycles. The minimum atomic E-state index is -0.851. The summed E-state index contributed by atoms with van der Waals surface area (Å²) in [5.74, 6) is -0.788. The van der Waals surface area contributed by atoms with Crippen molar-refractivity contribution in [3.8, 4) is 0 Å². The van der Waals surface area contributed by atoms with Gasteiger partial charge >= 0.3 is 11.9 Å². The number of benzene rings is 3. The Morgan fingerprint density at radius 2 is 1.18 bits per heavy atom. The fourth-order valence-electron chi connectivity index (χ4n) is 4.12. The van der Waals surface area contributed by atoms with E-state index in [-0.39, 0.29) is 18.8 Å². The summed E-state index contributed by atoms with van der Waals surface area (Å²) in [4.78, 5) is 25.4. The van der Waals surface area contributed by atoms with Gasteiger partial charge in [-0.2, -0.15) is 0 Å². The van der Waals surface area contributed by atoms with Gasteiger partial charge in [-0.05, 0) is 43.9 Å². The number of ether oxygens (including phenoxy) is 2. The normalized spacial score (nSPS) is 12.6. The van der Waals surface area contributed by atoms with E-state index in [4.69, 9.17) is 9.47 Å². The Labute approximate surface area is 202 Å². The number of hydrogen-bond donors (Lipinski definition) is 1. The van der Waals surface area contributed by atoms with Crippen LogP contribution in [0, 0.1) is 0 Å². The van der Waals surface area contributed by atoms with Crippen LogP contribution in [-0.4, -0.2) is 30.7 Å². The average molecular weight is 460 g/mol. The van der Waals surface area contributed by atoms with Crippen LogP contribution in [0.25, 0.3) is 0 Å². The molecule has 0 aliphatic heterocycles. The van der Waals surface area contributed by atoms with E-state index < -0.39 is 23.2 Å². The lowest BCUT2D eigenvalue weighted by Crippen LogP contribution is -2.53. The molecule has 0 saturated carbocycles. The van der Waals surface area contributed by atoms with E-state index >= 15 is 0 Å². The van der Waals surface area contributed by atoms with Crippen LogP contribution in [0.3, 0.4) is 0 Å². The Morgan fingerprint density at radius 1 is 0.765 bits per heavy atom. The maximum Gasteiger partial charge on any atom is 0.322 e. The van der Waals surface area contributed by atoms with E-state index in [9.17, 15) is 9.59 Å². The molecule has 3 rings (SSSR count). The van der Waals surface area contributed by atoms with Crippen LogP contribution >= 0.6 is 0 Å². The molecule has 0 unspecified atom stereocenters. The fourth-order valence-corrected chi connectivity index (χ4v) is 4.12. The van der Waals surface area contributed by atoms with Crippen LogP contribution in [0.5, 0.6) is 0 Å². The van der Waals surface area contributed by atoms with Gasteiger partial charge in [0, 0.05) is 6.42 Å². The summed E-state index contributed by atoms with van der Waals surface area (Å²) >= 11 is 0. The van der Waals surface area contributed by atoms with Crippen molar-refractivity contribution < 1.29 is 19.1 Å². The van der Waals surface area contributed by atoms with Crippen LogP contribution in [0.15, 0.2) is 91.0 Å². The van der Waals surface area contributed by atoms with Crippen LogP contribution in [-0.2, 0) is 24.6 Å². The van der Waals surface area contributed by atoms with Gasteiger partial charge in [0.2, 0.25) is 0 Å². The molecule has 178 valence electrons. The van der Waals surface area contributed by atoms with E-state index in [2.05, 4.69) is 5.32 Å². The predicted octanol–water partition coefficient (Wildman–Crippen LogP) is 5.23. The summed E-state index contributed by atoms with van der Waals surface area (Å²) in [5, 5.41) is 3.60. The van der Waals surface area contributed by atoms with Gasteiger partial charge in [0.25, 0.3) is 0 Å². The van der Waals surface area contributed by atoms with Crippen molar-refractivity contribution in [1.82, 2.24) is 5.32 Å². The minimum absolute atomic E-state index is 0.0818. The summed E-state index contributed by atoms with van der Waals surface area (Å²) < 4.78 is 10.6. The maximum absolute atomic E-state index is 12.9. The minimum Gasteiger partial charge on any atom is -0.468 e. The number of esters is 2. The Kier molecular flexibility index (Phi) is 8.24. The van der Waals surface area contributed by atoms with Crippen molar-refractivity contribution in [3.05, 3.63) is 108 Å². The third-order valence-corrected chi connectivity index (χ3v) is 5.55. The van der Waals surface area contributed by atoms with Crippen LogP contribution in [0.1, 0.15) is 50.3 Å². The van der Waals surface area contributed by atoms with E-state index in [0.29, 0.717) is 0 Å². The smallest absolute Gasteiger partial charge is 0.322 e. The molecule has 0 aliphatic carbocycles. The van der Waals surface area contributed by atoms with Crippen molar-refractivity contribution >= 4 is 11.9 Å². The second-order valence-electron chi connectivity index (χ2n) is 9.19. The summed E-state index contributed by atoms with van der Waals surface area (Å²) in [6.07, 6.45) is 0.314. The first kappa shape index (κ1) is 25.2. The molecule has 3 aromatic carbocycles. The molecule has 0 bridgehead atoms. The zero-order valence-electron chi connectivity index (χ0n) is 20.3. The average Bonchev–Trinajstić information content (AvgIpc) is 2.84. The van der Waals surface area contributed by atoms with Crippen LogP contribution in [0.4, 0.5) is 0 Å². The number of nitrogens with one attached hydrogen (secondary N) is 1. The summed E-state index contributed by atoms with van der Waals surface area (Å²) in [7, 11) is 1.36. The lowest BCUT2D eigenvalue weighted by atomic mass is 9.76. The number of hydrogen-bond acceptors (Lipinski definition) is 5. The molecule has 5 nitrogen and oxygen atoms in total. The Bertz CT molecular complexity index is 963. The molecule has 3 aromatic rings. The topological polar surface area (TPSA) is 64.6 Å². The molecule has 0 heterocycles. The molecule has 0 aliphatic rings. The quantitative estimate of drug-likeness (QED) is 0.351. The summed E-state index contributed by atoms with van der Waals surface area (Å²) in [6, 6.07) is 29.2. The third-order valence-electron chi connectivity index (χ3n) is 5.55. The van der Waals surface area contributed by atoms with Crippen molar-refractivity contribution in [2.45, 2.75) is 50.8 Å². The molecule has 1 N–H and O–H groups in total. The van der Waals surface area contributed by atoms with Gasteiger partial charge in [-0.3, -0.25) is 14.9 Å². The standard InChI is InChI=1S/C29H33NO4/c1-28(2,3)34-26(31)21-20-25(27(32)33-4)30-29(22-14-8-5-9-15-22,23-16-10-6-11-17-23)24-18-12-7-13-19-24/h5-19,25,30H,20-21H2,1-4H3/t25-/m0/s1. The molecule has 0 spiro atoms. The van der Waals surface area contributed by atoms with Gasteiger partial charge in [0.1, 0.15) is 11.6 Å². The SMILES string of the molecule is COC(=O)[C@H](CCC(=O)OC(C)(C)C)NC(c1ccccc1)(c1ccccc1)c1ccccc1. The van der Waals surface area contributed by atoms with Gasteiger partial charge in [-0.15, -0.1) is 0 Å². The second-order valence-corrected chi connectivity index (χ2v) is 9.19. The van der Waals surface area contributed by atoms with Crippen molar-refractivity contribution in [3.63, 3.8) is 0 Å². The highest BCUT2D eigenvalue weighted by atomic mass is 16.6. The second kappa shape index (κ2) is 11.1. The highest BCUT2D eigenvalue weighted by Gasteiger charge is 2.40. The van der Waals surface area contributed by atoms with E-state index in [1.165, 1.54) is 7.11 Å². The van der Waals surface area contributed by atoms with E-state index in [0.717, 1.165) is 16.7 Å². The fraction of sp³-hybridized carbons (Fsp3) is 0.310. The van der Waals surface area contributed by atoms with Crippen molar-refractivity contribution in [1.29, 1.82) is 0 Å². The molecule has 1 atom stereocenters. The first-order chi connectivity index (χ1) is 16.3. The maximum atomic E-state index is 12.9. The number of carbonyl (C=O) groups is 2. The van der Waals surface area contributed by atoms with E-state index in [1.807, 2.05) is 112 Å². The molecule has 5 heteroatoms. The largest absolute Gasteiger partial charge is 0.468 e. The zero-order valence-corrected chi connectivity index (χ0v) is 20.3. The van der Waals surface area contributed by atoms with E-state index in [1.54, 1.807) is 0 Å². The van der Waals surface area contributed by atoms with Gasteiger partial charge in [0.15, 0.2) is 0 Å². The Morgan fingerprint density at radius 3 is 1.53 bits per heavy atom. The molecular weight excluding hydrogens is 426 g/mol. The highest BCUT2D eigenvalue weighted by Crippen LogP contribution is 2.37. The molecular formula is C29H33NO4. The van der Waals surface area contributed by atoms with Gasteiger partial charge in [-0.1, -0.05) is 91.0 Å². The first-order valence-electron chi connectivity index (χ1n) is 11.5. The van der Waals surface area contributed by atoms with Crippen LogP contribution in [0.2, 0.25) is 0 Å². The number of methoxy groups -OCH3 is 1. The predicted molar refractivity (Wildman–Crippen MR) is 133 cm³/mol. The summed E-state index contributed by atoms with van der Waals surface area (Å²) in [5.41, 5.74) is 1.47. The molecule has 0 saturated heterocycles. The Hall–Kier alpha value is -3.44. The zero-order chi connectivity index (χ0) is 24.6. The van der Waals surface area contributed by atoms with Gasteiger partial charge in [-0.25, -0.2) is 0 Å².